The molecule has 7 heteroatoms. The molecule has 7 nitrogen and oxygen atoms in total. The molecule has 0 atom stereocenters. The topological polar surface area (TPSA) is 77.7 Å². The monoisotopic (exact) mass is 683 g/mol. The molecule has 0 amide bonds. The van der Waals surface area contributed by atoms with Crippen LogP contribution in [0.2, 0.25) is 0 Å². The second-order valence-corrected chi connectivity index (χ2v) is 13.3. The highest BCUT2D eigenvalue weighted by atomic mass is 16.5. The highest BCUT2D eigenvalue weighted by Crippen LogP contribution is 2.56. The van der Waals surface area contributed by atoms with Crippen molar-refractivity contribution in [2.24, 2.45) is 0 Å². The number of ether oxygens (including phenoxy) is 1. The van der Waals surface area contributed by atoms with E-state index in [1.807, 2.05) is 72.8 Å². The quantitative estimate of drug-likeness (QED) is 0.172. The Morgan fingerprint density at radius 1 is 0.415 bits per heavy atom. The molecule has 0 saturated heterocycles. The fraction of sp³-hybridized carbons (Fsp3) is 0. The Labute approximate surface area is 300 Å². The molecule has 0 fully saturated rings. The fourth-order valence-electron chi connectivity index (χ4n) is 7.97. The van der Waals surface area contributed by atoms with Gasteiger partial charge in [0.15, 0.2) is 22.7 Å². The van der Waals surface area contributed by atoms with Crippen molar-refractivity contribution >= 4 is 82.7 Å². The third-order valence-corrected chi connectivity index (χ3v) is 10.3. The van der Waals surface area contributed by atoms with Crippen LogP contribution in [-0.2, 0) is 0 Å². The summed E-state index contributed by atoms with van der Waals surface area (Å²) in [6, 6.07) is 51.1. The third-order valence-electron chi connectivity index (χ3n) is 10.3. The molecule has 0 unspecified atom stereocenters. The number of hydrogen-bond acceptors (Lipinski definition) is 7. The van der Waals surface area contributed by atoms with Gasteiger partial charge in [-0.25, -0.2) is 9.97 Å². The number of anilines is 3. The van der Waals surface area contributed by atoms with Gasteiger partial charge in [-0.05, 0) is 76.8 Å². The van der Waals surface area contributed by atoms with E-state index in [0.29, 0.717) is 34.4 Å². The number of aromatic nitrogens is 2. The number of furan rings is 1. The number of nitrogens with zero attached hydrogens (tertiary/aromatic N) is 3. The summed E-state index contributed by atoms with van der Waals surface area (Å²) >= 11 is 0. The summed E-state index contributed by atoms with van der Waals surface area (Å²) in [5.74, 6) is 2.16. The summed E-state index contributed by atoms with van der Waals surface area (Å²) < 4.78 is 26.4. The molecular weight excluding hydrogens is 659 g/mol. The lowest BCUT2D eigenvalue weighted by molar-refractivity contribution is 0.474. The number of hydrogen-bond donors (Lipinski definition) is 0. The zero-order chi connectivity index (χ0) is 34.6. The molecule has 1 aliphatic rings. The molecule has 11 aromatic rings. The average molecular weight is 684 g/mol. The summed E-state index contributed by atoms with van der Waals surface area (Å²) in [5.41, 5.74) is 8.65. The Morgan fingerprint density at radius 2 is 0.962 bits per heavy atom. The summed E-state index contributed by atoms with van der Waals surface area (Å²) in [4.78, 5) is 11.9. The van der Waals surface area contributed by atoms with Crippen molar-refractivity contribution in [2.75, 3.05) is 4.90 Å². The molecule has 0 bridgehead atoms. The highest BCUT2D eigenvalue weighted by Gasteiger charge is 2.33. The zero-order valence-electron chi connectivity index (χ0n) is 27.9. The van der Waals surface area contributed by atoms with E-state index in [9.17, 15) is 0 Å². The lowest BCUT2D eigenvalue weighted by Gasteiger charge is -2.34. The van der Waals surface area contributed by atoms with Crippen molar-refractivity contribution in [3.63, 3.8) is 0 Å². The van der Waals surface area contributed by atoms with Crippen LogP contribution >= 0.6 is 0 Å². The van der Waals surface area contributed by atoms with Gasteiger partial charge in [-0.1, -0.05) is 84.9 Å². The Kier molecular flexibility index (Phi) is 5.65. The minimum Gasteiger partial charge on any atom is -0.455 e. The summed E-state index contributed by atoms with van der Waals surface area (Å²) in [7, 11) is 0. The Morgan fingerprint density at radius 3 is 1.58 bits per heavy atom. The van der Waals surface area contributed by atoms with Gasteiger partial charge in [-0.3, -0.25) is 0 Å². The highest BCUT2D eigenvalue weighted by molar-refractivity contribution is 6.30. The van der Waals surface area contributed by atoms with Gasteiger partial charge in [0.1, 0.15) is 22.2 Å². The van der Waals surface area contributed by atoms with Crippen molar-refractivity contribution in [3.05, 3.63) is 152 Å². The van der Waals surface area contributed by atoms with Crippen molar-refractivity contribution in [3.8, 4) is 34.4 Å². The number of rotatable bonds is 3. The molecule has 53 heavy (non-hydrogen) atoms. The molecule has 1 aliphatic heterocycles. The molecule has 4 heterocycles. The first-order valence-corrected chi connectivity index (χ1v) is 17.5. The maximum atomic E-state index is 6.96. The van der Waals surface area contributed by atoms with Crippen LogP contribution in [0, 0.1) is 0 Å². The van der Waals surface area contributed by atoms with Gasteiger partial charge in [-0.15, -0.1) is 0 Å². The maximum Gasteiger partial charge on any atom is 0.231 e. The predicted molar refractivity (Wildman–Crippen MR) is 209 cm³/mol. The first kappa shape index (κ1) is 28.3. The normalized spacial score (nSPS) is 12.6. The molecule has 3 aromatic heterocycles. The third kappa shape index (κ3) is 4.04. The fourth-order valence-corrected chi connectivity index (χ4v) is 7.97. The summed E-state index contributed by atoms with van der Waals surface area (Å²) in [6.07, 6.45) is 0. The van der Waals surface area contributed by atoms with Gasteiger partial charge in [0.25, 0.3) is 0 Å². The van der Waals surface area contributed by atoms with Gasteiger partial charge in [0, 0.05) is 22.2 Å². The molecule has 0 N–H and O–H groups in total. The molecule has 0 saturated carbocycles. The van der Waals surface area contributed by atoms with Crippen LogP contribution in [0.5, 0.6) is 11.5 Å². The molecule has 0 aliphatic carbocycles. The number of oxazole rings is 2. The van der Waals surface area contributed by atoms with Crippen LogP contribution in [0.4, 0.5) is 17.1 Å². The lowest BCUT2D eigenvalue weighted by Crippen LogP contribution is -2.16. The van der Waals surface area contributed by atoms with Crippen molar-refractivity contribution in [1.82, 2.24) is 9.97 Å². The largest absolute Gasteiger partial charge is 0.455 e. The van der Waals surface area contributed by atoms with Crippen LogP contribution in [0.15, 0.2) is 165 Å². The van der Waals surface area contributed by atoms with Crippen molar-refractivity contribution in [2.45, 2.75) is 0 Å². The summed E-state index contributed by atoms with van der Waals surface area (Å²) in [5, 5.41) is 6.80. The van der Waals surface area contributed by atoms with E-state index in [1.54, 1.807) is 0 Å². The molecule has 12 rings (SSSR count). The van der Waals surface area contributed by atoms with Gasteiger partial charge < -0.3 is 22.9 Å². The lowest BCUT2D eigenvalue weighted by atomic mass is 9.97. The molecule has 0 radical (unpaired) electrons. The van der Waals surface area contributed by atoms with E-state index in [4.69, 9.17) is 28.0 Å². The van der Waals surface area contributed by atoms with E-state index in [2.05, 4.69) is 83.8 Å². The minimum absolute atomic E-state index is 0.470. The predicted octanol–water partition coefficient (Wildman–Crippen LogP) is 13.1. The maximum absolute atomic E-state index is 6.96. The van der Waals surface area contributed by atoms with Crippen LogP contribution in [0.3, 0.4) is 0 Å². The van der Waals surface area contributed by atoms with Crippen molar-refractivity contribution in [1.29, 1.82) is 0 Å². The van der Waals surface area contributed by atoms with Crippen LogP contribution < -0.4 is 9.64 Å². The average Bonchev–Trinajstić information content (AvgIpc) is 3.95. The Balaban J connectivity index is 1.12. The van der Waals surface area contributed by atoms with Gasteiger partial charge in [0.05, 0.1) is 28.2 Å². The van der Waals surface area contributed by atoms with Gasteiger partial charge >= 0.3 is 0 Å². The van der Waals surface area contributed by atoms with Crippen LogP contribution in [0.25, 0.3) is 88.6 Å². The van der Waals surface area contributed by atoms with Gasteiger partial charge in [-0.2, -0.15) is 0 Å². The molecule has 8 aromatic carbocycles. The minimum atomic E-state index is 0.470. The first-order valence-electron chi connectivity index (χ1n) is 17.5. The van der Waals surface area contributed by atoms with Crippen LogP contribution in [-0.4, -0.2) is 9.97 Å². The number of fused-ring (bicyclic) bond motifs is 12. The standard InChI is InChI=1S/C46H25N3O4/c1-3-13-29-27(11-1)28-12-2-4-14-30(28)44-41(29)31-24-23-26(25-40(31)50-44)49-36-19-9-15-32(45-47-34-17-5-7-21-38(34)51-45)42(36)53-43-33(16-10-20-37(43)49)46-48-35-18-6-8-22-39(35)52-46/h1-25H. The smallest absolute Gasteiger partial charge is 0.231 e. The SMILES string of the molecule is c1cc(-c2nc3ccccc3o2)c2c(c1)N(c1ccc3c(c1)oc1c4ccccc4c4ccccc4c31)c1cccc(-c3nc4ccccc4o3)c1O2. The zero-order valence-corrected chi connectivity index (χ0v) is 27.9. The van der Waals surface area contributed by atoms with Gasteiger partial charge in [0.2, 0.25) is 11.8 Å². The van der Waals surface area contributed by atoms with E-state index < -0.39 is 0 Å². The molecule has 248 valence electrons. The van der Waals surface area contributed by atoms with E-state index in [1.165, 1.54) is 16.2 Å². The van der Waals surface area contributed by atoms with E-state index in [-0.39, 0.29) is 0 Å². The van der Waals surface area contributed by atoms with E-state index >= 15 is 0 Å². The number of benzene rings is 8. The van der Waals surface area contributed by atoms with E-state index in [0.717, 1.165) is 66.5 Å². The summed E-state index contributed by atoms with van der Waals surface area (Å²) in [6.45, 7) is 0. The first-order chi connectivity index (χ1) is 26.3. The van der Waals surface area contributed by atoms with Crippen molar-refractivity contribution < 1.29 is 18.0 Å². The number of para-hydroxylation sites is 6. The molecule has 0 spiro atoms. The molecular formula is C46H25N3O4. The van der Waals surface area contributed by atoms with Crippen LogP contribution in [0.1, 0.15) is 0 Å². The Bertz CT molecular complexity index is 3110. The Hall–Kier alpha value is -7.38. The second kappa shape index (κ2) is 10.6. The second-order valence-electron chi connectivity index (χ2n) is 13.3.